The molecule has 0 spiro atoms. The molecule has 0 radical (unpaired) electrons. The summed E-state index contributed by atoms with van der Waals surface area (Å²) in [7, 11) is -1.05. The third kappa shape index (κ3) is 8.68. The normalized spacial score (nSPS) is 24.9. The minimum atomic E-state index is -1.05. The lowest BCUT2D eigenvalue weighted by molar-refractivity contribution is 0.549. The fourth-order valence-corrected chi connectivity index (χ4v) is 4.79. The molecule has 0 amide bonds. The standard InChI is InChI=1S/C18H36Si/c1-19(2,3)18-16-14-12-10-8-6-4-5-7-9-11-13-15-17-18/h16H,4-15,17H2,1-3H3/b18-16+. The average Bonchev–Trinajstić information content (AvgIpc) is 2.35. The van der Waals surface area contributed by atoms with E-state index < -0.39 is 8.07 Å². The first-order valence-electron chi connectivity index (χ1n) is 8.80. The van der Waals surface area contributed by atoms with E-state index in [-0.39, 0.29) is 0 Å². The lowest BCUT2D eigenvalue weighted by Gasteiger charge is -2.21. The minimum absolute atomic E-state index is 1.05. The molecule has 1 aliphatic carbocycles. The van der Waals surface area contributed by atoms with Gasteiger partial charge in [0.25, 0.3) is 0 Å². The van der Waals surface area contributed by atoms with Crippen LogP contribution in [0.4, 0.5) is 0 Å². The first-order chi connectivity index (χ1) is 9.11. The summed E-state index contributed by atoms with van der Waals surface area (Å²) >= 11 is 0. The van der Waals surface area contributed by atoms with E-state index in [1.54, 1.807) is 0 Å². The molecular formula is C18H36Si. The van der Waals surface area contributed by atoms with Gasteiger partial charge >= 0.3 is 0 Å². The van der Waals surface area contributed by atoms with Gasteiger partial charge in [0.2, 0.25) is 0 Å². The van der Waals surface area contributed by atoms with Crippen molar-refractivity contribution in [3.05, 3.63) is 11.3 Å². The summed E-state index contributed by atoms with van der Waals surface area (Å²) in [4.78, 5) is 0. The average molecular weight is 281 g/mol. The maximum absolute atomic E-state index is 2.63. The van der Waals surface area contributed by atoms with Crippen molar-refractivity contribution in [2.24, 2.45) is 0 Å². The molecule has 0 saturated heterocycles. The van der Waals surface area contributed by atoms with Crippen LogP contribution in [0.3, 0.4) is 0 Å². The second-order valence-electron chi connectivity index (χ2n) is 7.41. The summed E-state index contributed by atoms with van der Waals surface area (Å²) in [5.41, 5.74) is 0. The number of hydrogen-bond acceptors (Lipinski definition) is 0. The Kier molecular flexibility index (Phi) is 8.77. The number of allylic oxidation sites excluding steroid dienone is 2. The zero-order valence-electron chi connectivity index (χ0n) is 13.8. The number of rotatable bonds is 1. The van der Waals surface area contributed by atoms with Crippen molar-refractivity contribution < 1.29 is 0 Å². The Bertz CT molecular complexity index is 247. The molecule has 0 nitrogen and oxygen atoms in total. The molecule has 112 valence electrons. The second-order valence-corrected chi connectivity index (χ2v) is 12.5. The Morgan fingerprint density at radius 3 is 1.53 bits per heavy atom. The predicted molar refractivity (Wildman–Crippen MR) is 91.5 cm³/mol. The van der Waals surface area contributed by atoms with Crippen LogP contribution < -0.4 is 0 Å². The van der Waals surface area contributed by atoms with E-state index in [9.17, 15) is 0 Å². The molecule has 0 aromatic heterocycles. The summed E-state index contributed by atoms with van der Waals surface area (Å²) in [6, 6.07) is 0. The summed E-state index contributed by atoms with van der Waals surface area (Å²) in [5.74, 6) is 0. The van der Waals surface area contributed by atoms with Crippen LogP contribution in [0.15, 0.2) is 11.3 Å². The third-order valence-electron chi connectivity index (χ3n) is 4.50. The van der Waals surface area contributed by atoms with Crippen molar-refractivity contribution >= 4 is 8.07 Å². The fourth-order valence-electron chi connectivity index (χ4n) is 3.11. The van der Waals surface area contributed by atoms with E-state index in [0.29, 0.717) is 0 Å². The quantitative estimate of drug-likeness (QED) is 0.459. The van der Waals surface area contributed by atoms with Crippen LogP contribution >= 0.6 is 0 Å². The van der Waals surface area contributed by atoms with Gasteiger partial charge in [-0.25, -0.2) is 0 Å². The van der Waals surface area contributed by atoms with Crippen molar-refractivity contribution in [2.75, 3.05) is 0 Å². The van der Waals surface area contributed by atoms with E-state index in [0.717, 1.165) is 0 Å². The Hall–Kier alpha value is -0.0431. The van der Waals surface area contributed by atoms with E-state index in [1.165, 1.54) is 83.5 Å². The molecular weight excluding hydrogens is 244 g/mol. The van der Waals surface area contributed by atoms with Crippen LogP contribution in [0.25, 0.3) is 0 Å². The maximum Gasteiger partial charge on any atom is 0.0720 e. The first kappa shape index (κ1) is 17.0. The van der Waals surface area contributed by atoms with Gasteiger partial charge in [0, 0.05) is 0 Å². The topological polar surface area (TPSA) is 0 Å². The molecule has 1 aliphatic rings. The van der Waals surface area contributed by atoms with Gasteiger partial charge in [0.1, 0.15) is 0 Å². The molecule has 0 bridgehead atoms. The van der Waals surface area contributed by atoms with Crippen molar-refractivity contribution in [1.29, 1.82) is 0 Å². The molecule has 0 aromatic carbocycles. The van der Waals surface area contributed by atoms with Crippen LogP contribution in [-0.2, 0) is 0 Å². The van der Waals surface area contributed by atoms with Gasteiger partial charge in [-0.2, -0.15) is 0 Å². The zero-order valence-corrected chi connectivity index (χ0v) is 14.8. The van der Waals surface area contributed by atoms with Crippen LogP contribution in [-0.4, -0.2) is 8.07 Å². The van der Waals surface area contributed by atoms with E-state index in [1.807, 2.05) is 5.20 Å². The highest BCUT2D eigenvalue weighted by Crippen LogP contribution is 2.23. The van der Waals surface area contributed by atoms with Gasteiger partial charge in [0.15, 0.2) is 0 Å². The summed E-state index contributed by atoms with van der Waals surface area (Å²) in [5, 5.41) is 1.85. The summed E-state index contributed by atoms with van der Waals surface area (Å²) in [6.45, 7) is 7.56. The Balaban J connectivity index is 2.44. The third-order valence-corrected chi connectivity index (χ3v) is 6.89. The largest absolute Gasteiger partial charge is 0.0892 e. The highest BCUT2D eigenvalue weighted by atomic mass is 28.3. The predicted octanol–water partition coefficient (Wildman–Crippen LogP) is 6.88. The monoisotopic (exact) mass is 280 g/mol. The lowest BCUT2D eigenvalue weighted by atomic mass is 10.1. The highest BCUT2D eigenvalue weighted by molar-refractivity contribution is 6.83. The molecule has 0 aliphatic heterocycles. The molecule has 0 fully saturated rings. The van der Waals surface area contributed by atoms with Crippen molar-refractivity contribution in [1.82, 2.24) is 0 Å². The molecule has 0 N–H and O–H groups in total. The molecule has 0 aromatic rings. The van der Waals surface area contributed by atoms with Crippen LogP contribution in [0.1, 0.15) is 83.5 Å². The van der Waals surface area contributed by atoms with E-state index in [2.05, 4.69) is 25.7 Å². The molecule has 1 rings (SSSR count). The van der Waals surface area contributed by atoms with Crippen molar-refractivity contribution in [3.63, 3.8) is 0 Å². The molecule has 0 heterocycles. The molecule has 19 heavy (non-hydrogen) atoms. The van der Waals surface area contributed by atoms with E-state index >= 15 is 0 Å². The van der Waals surface area contributed by atoms with Crippen LogP contribution in [0.2, 0.25) is 19.6 Å². The second kappa shape index (κ2) is 9.80. The number of hydrogen-bond donors (Lipinski definition) is 0. The van der Waals surface area contributed by atoms with Crippen LogP contribution in [0.5, 0.6) is 0 Å². The Morgan fingerprint density at radius 1 is 0.632 bits per heavy atom. The van der Waals surface area contributed by atoms with Gasteiger partial charge in [-0.1, -0.05) is 88.7 Å². The zero-order chi connectivity index (χ0) is 14.0. The fraction of sp³-hybridized carbons (Fsp3) is 0.889. The van der Waals surface area contributed by atoms with Gasteiger partial charge < -0.3 is 0 Å². The molecule has 1 heteroatoms. The van der Waals surface area contributed by atoms with Crippen molar-refractivity contribution in [2.45, 2.75) is 103 Å². The molecule has 0 saturated carbocycles. The molecule has 0 atom stereocenters. The van der Waals surface area contributed by atoms with Gasteiger partial charge in [-0.05, 0) is 25.7 Å². The SMILES string of the molecule is C[Si](C)(C)/C1=C/CCCCCCCCCCCCC1. The van der Waals surface area contributed by atoms with E-state index in [4.69, 9.17) is 0 Å². The summed E-state index contributed by atoms with van der Waals surface area (Å²) in [6.07, 6.45) is 21.5. The maximum atomic E-state index is 2.63. The van der Waals surface area contributed by atoms with Gasteiger partial charge in [-0.3, -0.25) is 0 Å². The van der Waals surface area contributed by atoms with Gasteiger partial charge in [-0.15, -0.1) is 0 Å². The van der Waals surface area contributed by atoms with Crippen molar-refractivity contribution in [3.8, 4) is 0 Å². The van der Waals surface area contributed by atoms with Crippen LogP contribution in [0, 0.1) is 0 Å². The minimum Gasteiger partial charge on any atom is -0.0892 e. The smallest absolute Gasteiger partial charge is 0.0720 e. The first-order valence-corrected chi connectivity index (χ1v) is 12.3. The van der Waals surface area contributed by atoms with Gasteiger partial charge in [0.05, 0.1) is 8.07 Å². The molecule has 0 unspecified atom stereocenters. The lowest BCUT2D eigenvalue weighted by Crippen LogP contribution is -2.24. The Morgan fingerprint density at radius 2 is 1.05 bits per heavy atom. The summed E-state index contributed by atoms with van der Waals surface area (Å²) < 4.78 is 0. The highest BCUT2D eigenvalue weighted by Gasteiger charge is 2.18. The Labute approximate surface area is 123 Å².